The lowest BCUT2D eigenvalue weighted by Crippen LogP contribution is -2.43. The van der Waals surface area contributed by atoms with Crippen molar-refractivity contribution in [2.45, 2.75) is 51.0 Å². The van der Waals surface area contributed by atoms with Gasteiger partial charge < -0.3 is 14.8 Å². The van der Waals surface area contributed by atoms with Crippen LogP contribution in [0.3, 0.4) is 0 Å². The van der Waals surface area contributed by atoms with Crippen LogP contribution in [0.25, 0.3) is 11.3 Å². The first-order chi connectivity index (χ1) is 15.8. The van der Waals surface area contributed by atoms with Crippen molar-refractivity contribution < 1.29 is 17.7 Å². The number of aryl methyl sites for hydroxylation is 2. The lowest BCUT2D eigenvalue weighted by atomic mass is 9.96. The molecule has 176 valence electrons. The molecule has 4 rings (SSSR count). The zero-order valence-electron chi connectivity index (χ0n) is 19.0. The Bertz CT molecular complexity index is 1190. The molecule has 2 aromatic heterocycles. The molecular weight excluding hydrogens is 442 g/mol. The van der Waals surface area contributed by atoms with Crippen LogP contribution in [0, 0.1) is 19.8 Å². The number of carbonyl (C=O) groups excluding carboxylic acids is 1. The number of benzene rings is 1. The predicted octanol–water partition coefficient (Wildman–Crippen LogP) is 3.35. The topological polar surface area (TPSA) is 121 Å². The Morgan fingerprint density at radius 3 is 2.55 bits per heavy atom. The number of nitrogens with one attached hydrogen (secondary N) is 2. The molecule has 3 aromatic rings. The van der Waals surface area contributed by atoms with Gasteiger partial charge in [0.2, 0.25) is 15.9 Å². The first-order valence-corrected chi connectivity index (χ1v) is 12.6. The molecule has 10 heteroatoms. The standard InChI is InChI=1S/C23H29N5O4S/c1-4-19(22-24-14-20(25-22)17-8-6-5-7-9-17)26-23(29)18-10-12-28(13-11-18)33(30,31)21-15(2)27-32-16(21)3/h5-9,14,18-19H,4,10-13H2,1-3H3,(H,24,25)(H,26,29). The second-order valence-corrected chi connectivity index (χ2v) is 10.2. The van der Waals surface area contributed by atoms with E-state index in [1.54, 1.807) is 20.0 Å². The molecule has 1 aromatic carbocycles. The number of imidazole rings is 1. The number of hydrogen-bond acceptors (Lipinski definition) is 6. The van der Waals surface area contributed by atoms with E-state index in [1.807, 2.05) is 37.3 Å². The van der Waals surface area contributed by atoms with Crippen LogP contribution in [0.2, 0.25) is 0 Å². The van der Waals surface area contributed by atoms with E-state index in [9.17, 15) is 13.2 Å². The monoisotopic (exact) mass is 471 g/mol. The minimum atomic E-state index is -3.69. The van der Waals surface area contributed by atoms with Gasteiger partial charge in [-0.2, -0.15) is 4.31 Å². The fourth-order valence-corrected chi connectivity index (χ4v) is 6.02. The van der Waals surface area contributed by atoms with Gasteiger partial charge in [0, 0.05) is 19.0 Å². The number of piperidine rings is 1. The van der Waals surface area contributed by atoms with Gasteiger partial charge in [-0.1, -0.05) is 42.4 Å². The maximum absolute atomic E-state index is 13.0. The maximum Gasteiger partial charge on any atom is 0.248 e. The van der Waals surface area contributed by atoms with Crippen LogP contribution in [0.4, 0.5) is 0 Å². The molecule has 2 N–H and O–H groups in total. The highest BCUT2D eigenvalue weighted by Gasteiger charge is 2.36. The molecule has 1 saturated heterocycles. The second-order valence-electron chi connectivity index (χ2n) is 8.35. The Balaban J connectivity index is 1.38. The fraction of sp³-hybridized carbons (Fsp3) is 0.435. The lowest BCUT2D eigenvalue weighted by Gasteiger charge is -2.31. The first kappa shape index (κ1) is 23.2. The van der Waals surface area contributed by atoms with Crippen LogP contribution in [-0.2, 0) is 14.8 Å². The average molecular weight is 472 g/mol. The summed E-state index contributed by atoms with van der Waals surface area (Å²) in [5, 5.41) is 6.85. The number of aromatic amines is 1. The van der Waals surface area contributed by atoms with Crippen molar-refractivity contribution in [3.8, 4) is 11.3 Å². The van der Waals surface area contributed by atoms with Gasteiger partial charge in [-0.05, 0) is 38.7 Å². The molecule has 0 spiro atoms. The molecule has 1 unspecified atom stereocenters. The van der Waals surface area contributed by atoms with Gasteiger partial charge >= 0.3 is 0 Å². The number of H-pyrrole nitrogens is 1. The summed E-state index contributed by atoms with van der Waals surface area (Å²) in [5.41, 5.74) is 2.28. The van der Waals surface area contributed by atoms with Crippen LogP contribution in [0.1, 0.15) is 49.5 Å². The van der Waals surface area contributed by atoms with Gasteiger partial charge in [-0.15, -0.1) is 0 Å². The molecule has 1 fully saturated rings. The number of carbonyl (C=O) groups is 1. The van der Waals surface area contributed by atoms with Crippen molar-refractivity contribution in [2.24, 2.45) is 5.92 Å². The Morgan fingerprint density at radius 1 is 1.24 bits per heavy atom. The summed E-state index contributed by atoms with van der Waals surface area (Å²) in [5.74, 6) is 0.669. The molecule has 0 bridgehead atoms. The first-order valence-electron chi connectivity index (χ1n) is 11.1. The summed E-state index contributed by atoms with van der Waals surface area (Å²) in [4.78, 5) is 20.9. The number of sulfonamides is 1. The van der Waals surface area contributed by atoms with E-state index in [1.165, 1.54) is 4.31 Å². The summed E-state index contributed by atoms with van der Waals surface area (Å²) in [6.45, 7) is 5.76. The van der Waals surface area contributed by atoms with Crippen LogP contribution < -0.4 is 5.32 Å². The van der Waals surface area contributed by atoms with E-state index in [-0.39, 0.29) is 41.6 Å². The Labute approximate surface area is 193 Å². The molecule has 0 radical (unpaired) electrons. The normalized spacial score (nSPS) is 16.6. The summed E-state index contributed by atoms with van der Waals surface area (Å²) in [6, 6.07) is 9.66. The van der Waals surface area contributed by atoms with Crippen molar-refractivity contribution in [3.63, 3.8) is 0 Å². The van der Waals surface area contributed by atoms with Gasteiger partial charge in [0.1, 0.15) is 16.4 Å². The van der Waals surface area contributed by atoms with Crippen molar-refractivity contribution >= 4 is 15.9 Å². The van der Waals surface area contributed by atoms with Gasteiger partial charge in [0.25, 0.3) is 0 Å². The van der Waals surface area contributed by atoms with Crippen LogP contribution in [0.5, 0.6) is 0 Å². The molecule has 1 atom stereocenters. The molecule has 9 nitrogen and oxygen atoms in total. The minimum Gasteiger partial charge on any atom is -0.360 e. The zero-order chi connectivity index (χ0) is 23.6. The summed E-state index contributed by atoms with van der Waals surface area (Å²) in [6.07, 6.45) is 3.38. The van der Waals surface area contributed by atoms with Crippen molar-refractivity contribution in [1.29, 1.82) is 0 Å². The quantitative estimate of drug-likeness (QED) is 0.545. The third-order valence-electron chi connectivity index (χ3n) is 6.13. The van der Waals surface area contributed by atoms with E-state index in [2.05, 4.69) is 20.4 Å². The SMILES string of the molecule is CCC(NC(=O)C1CCN(S(=O)(=O)c2c(C)noc2C)CC1)c1ncc(-c2ccccc2)[nH]1. The zero-order valence-corrected chi connectivity index (χ0v) is 19.9. The maximum atomic E-state index is 13.0. The third kappa shape index (κ3) is 4.72. The van der Waals surface area contributed by atoms with Crippen molar-refractivity contribution in [1.82, 2.24) is 24.7 Å². The van der Waals surface area contributed by atoms with Crippen LogP contribution >= 0.6 is 0 Å². The molecule has 0 aliphatic carbocycles. The molecule has 0 saturated carbocycles. The summed E-state index contributed by atoms with van der Waals surface area (Å²) >= 11 is 0. The highest BCUT2D eigenvalue weighted by molar-refractivity contribution is 7.89. The highest BCUT2D eigenvalue weighted by Crippen LogP contribution is 2.28. The number of nitrogens with zero attached hydrogens (tertiary/aromatic N) is 3. The van der Waals surface area contributed by atoms with E-state index >= 15 is 0 Å². The lowest BCUT2D eigenvalue weighted by molar-refractivity contribution is -0.127. The van der Waals surface area contributed by atoms with Gasteiger partial charge in [0.15, 0.2) is 5.76 Å². The number of hydrogen-bond donors (Lipinski definition) is 2. The molecule has 1 amide bonds. The molecule has 1 aliphatic heterocycles. The Morgan fingerprint density at radius 2 is 1.94 bits per heavy atom. The average Bonchev–Trinajstić information content (AvgIpc) is 3.45. The minimum absolute atomic E-state index is 0.0751. The second kappa shape index (κ2) is 9.48. The van der Waals surface area contributed by atoms with Gasteiger partial charge in [-0.25, -0.2) is 13.4 Å². The van der Waals surface area contributed by atoms with E-state index in [0.717, 1.165) is 11.3 Å². The highest BCUT2D eigenvalue weighted by atomic mass is 32.2. The van der Waals surface area contributed by atoms with Crippen molar-refractivity contribution in [2.75, 3.05) is 13.1 Å². The Hall–Kier alpha value is -2.98. The van der Waals surface area contributed by atoms with E-state index < -0.39 is 10.0 Å². The predicted molar refractivity (Wildman–Crippen MR) is 123 cm³/mol. The smallest absolute Gasteiger partial charge is 0.248 e. The largest absolute Gasteiger partial charge is 0.360 e. The van der Waals surface area contributed by atoms with Gasteiger partial charge in [-0.3, -0.25) is 4.79 Å². The summed E-state index contributed by atoms with van der Waals surface area (Å²) < 4.78 is 32.5. The number of amides is 1. The molecule has 33 heavy (non-hydrogen) atoms. The Kier molecular flexibility index (Phi) is 6.66. The molecule has 1 aliphatic rings. The van der Waals surface area contributed by atoms with Crippen molar-refractivity contribution in [3.05, 3.63) is 53.8 Å². The number of rotatable bonds is 7. The number of aromatic nitrogens is 3. The molecule has 3 heterocycles. The van der Waals surface area contributed by atoms with E-state index in [0.29, 0.717) is 30.8 Å². The van der Waals surface area contributed by atoms with Crippen LogP contribution in [-0.4, -0.2) is 46.8 Å². The van der Waals surface area contributed by atoms with Gasteiger partial charge in [0.05, 0.1) is 17.9 Å². The van der Waals surface area contributed by atoms with Crippen LogP contribution in [0.15, 0.2) is 45.9 Å². The summed E-state index contributed by atoms with van der Waals surface area (Å²) in [7, 11) is -3.69. The van der Waals surface area contributed by atoms with E-state index in [4.69, 9.17) is 4.52 Å². The third-order valence-corrected chi connectivity index (χ3v) is 8.27. The fourth-order valence-electron chi connectivity index (χ4n) is 4.26. The molecular formula is C23H29N5O4S.